The molecule has 8 heteroatoms. The highest BCUT2D eigenvalue weighted by atomic mass is 32.2. The van der Waals surface area contributed by atoms with Gasteiger partial charge >= 0.3 is 0 Å². The first kappa shape index (κ1) is 16.3. The zero-order valence-corrected chi connectivity index (χ0v) is 14.3. The van der Waals surface area contributed by atoms with Gasteiger partial charge in [-0.05, 0) is 19.1 Å². The van der Waals surface area contributed by atoms with Crippen LogP contribution in [0.3, 0.4) is 0 Å². The predicted octanol–water partition coefficient (Wildman–Crippen LogP) is 3.12. The number of ether oxygens (including phenoxy) is 1. The van der Waals surface area contributed by atoms with Crippen LogP contribution in [0.4, 0.5) is 0 Å². The lowest BCUT2D eigenvalue weighted by molar-refractivity contribution is 0.387. The number of aromatic nitrogens is 5. The van der Waals surface area contributed by atoms with E-state index in [1.54, 1.807) is 14.0 Å². The molecule has 0 aliphatic carbocycles. The first-order chi connectivity index (χ1) is 11.7. The number of benzene rings is 1. The van der Waals surface area contributed by atoms with Crippen molar-refractivity contribution in [3.05, 3.63) is 48.6 Å². The molecule has 124 valence electrons. The van der Waals surface area contributed by atoms with Crippen molar-refractivity contribution in [2.24, 2.45) is 0 Å². The molecule has 3 aromatic rings. The second kappa shape index (κ2) is 7.31. The Morgan fingerprint density at radius 1 is 1.33 bits per heavy atom. The number of methoxy groups -OCH3 is 1. The maximum atomic E-state index is 5.43. The molecule has 0 radical (unpaired) electrons. The maximum Gasteiger partial charge on any atom is 0.237 e. The molecular weight excluding hydrogens is 326 g/mol. The summed E-state index contributed by atoms with van der Waals surface area (Å²) in [6.07, 6.45) is 1.81. The minimum Gasteiger partial charge on any atom is -0.496 e. The van der Waals surface area contributed by atoms with Gasteiger partial charge in [0.1, 0.15) is 5.75 Å². The number of thioether (sulfide) groups is 1. The van der Waals surface area contributed by atoms with Gasteiger partial charge in [0.05, 0.1) is 18.4 Å². The summed E-state index contributed by atoms with van der Waals surface area (Å²) in [5, 5.41) is 13.2. The molecule has 0 atom stereocenters. The van der Waals surface area contributed by atoms with E-state index in [1.807, 2.05) is 34.9 Å². The van der Waals surface area contributed by atoms with E-state index < -0.39 is 0 Å². The summed E-state index contributed by atoms with van der Waals surface area (Å²) < 4.78 is 12.5. The van der Waals surface area contributed by atoms with E-state index in [9.17, 15) is 0 Å². The van der Waals surface area contributed by atoms with Gasteiger partial charge in [-0.1, -0.05) is 35.1 Å². The van der Waals surface area contributed by atoms with Crippen molar-refractivity contribution < 1.29 is 9.26 Å². The molecule has 0 fully saturated rings. The van der Waals surface area contributed by atoms with Crippen molar-refractivity contribution in [1.29, 1.82) is 0 Å². The SMILES string of the molecule is C=CCn1c(SCc2nc(C)no2)nnc1-c1ccccc1OC. The molecule has 3 rings (SSSR count). The van der Waals surface area contributed by atoms with Crippen LogP contribution in [0, 0.1) is 6.92 Å². The van der Waals surface area contributed by atoms with Crippen LogP contribution in [0.1, 0.15) is 11.7 Å². The highest BCUT2D eigenvalue weighted by Gasteiger charge is 2.17. The van der Waals surface area contributed by atoms with E-state index >= 15 is 0 Å². The van der Waals surface area contributed by atoms with E-state index in [0.29, 0.717) is 24.0 Å². The van der Waals surface area contributed by atoms with Crippen molar-refractivity contribution in [3.8, 4) is 17.1 Å². The van der Waals surface area contributed by atoms with Gasteiger partial charge in [0.2, 0.25) is 5.89 Å². The molecule has 24 heavy (non-hydrogen) atoms. The Kier molecular flexibility index (Phi) is 4.95. The first-order valence-electron chi connectivity index (χ1n) is 7.32. The normalized spacial score (nSPS) is 10.8. The van der Waals surface area contributed by atoms with Gasteiger partial charge in [0.15, 0.2) is 16.8 Å². The second-order valence-corrected chi connectivity index (χ2v) is 5.87. The molecule has 0 N–H and O–H groups in total. The Morgan fingerprint density at radius 3 is 2.88 bits per heavy atom. The average molecular weight is 343 g/mol. The summed E-state index contributed by atoms with van der Waals surface area (Å²) in [5.74, 6) is 3.19. The van der Waals surface area contributed by atoms with Gasteiger partial charge in [-0.25, -0.2) is 0 Å². The van der Waals surface area contributed by atoms with Crippen LogP contribution in [-0.4, -0.2) is 32.0 Å². The lowest BCUT2D eigenvalue weighted by Crippen LogP contribution is -2.01. The van der Waals surface area contributed by atoms with Gasteiger partial charge in [0.25, 0.3) is 0 Å². The fourth-order valence-corrected chi connectivity index (χ4v) is 3.03. The van der Waals surface area contributed by atoms with Gasteiger partial charge in [0, 0.05) is 6.54 Å². The van der Waals surface area contributed by atoms with Crippen LogP contribution >= 0.6 is 11.8 Å². The molecule has 0 amide bonds. The Hall–Kier alpha value is -2.61. The molecule has 0 bridgehead atoms. The molecule has 2 heterocycles. The Morgan fingerprint density at radius 2 is 2.17 bits per heavy atom. The van der Waals surface area contributed by atoms with Gasteiger partial charge < -0.3 is 9.26 Å². The molecule has 7 nitrogen and oxygen atoms in total. The fourth-order valence-electron chi connectivity index (χ4n) is 2.24. The second-order valence-electron chi connectivity index (χ2n) is 4.93. The monoisotopic (exact) mass is 343 g/mol. The zero-order valence-electron chi connectivity index (χ0n) is 13.5. The van der Waals surface area contributed by atoms with E-state index in [0.717, 1.165) is 22.3 Å². The van der Waals surface area contributed by atoms with Crippen LogP contribution in [0.2, 0.25) is 0 Å². The minimum atomic E-state index is 0.530. The first-order valence-corrected chi connectivity index (χ1v) is 8.31. The van der Waals surface area contributed by atoms with Crippen molar-refractivity contribution in [2.75, 3.05) is 7.11 Å². The molecule has 1 aromatic carbocycles. The Labute approximate surface area is 143 Å². The Bertz CT molecular complexity index is 843. The molecular formula is C16H17N5O2S. The van der Waals surface area contributed by atoms with Crippen molar-refractivity contribution in [3.63, 3.8) is 0 Å². The predicted molar refractivity (Wildman–Crippen MR) is 90.8 cm³/mol. The minimum absolute atomic E-state index is 0.530. The standard InChI is InChI=1S/C16H17N5O2S/c1-4-9-21-15(12-7-5-6-8-13(12)22-3)18-19-16(21)24-10-14-17-11(2)20-23-14/h4-8H,1,9-10H2,2-3H3. The smallest absolute Gasteiger partial charge is 0.237 e. The summed E-state index contributed by atoms with van der Waals surface area (Å²) in [7, 11) is 1.64. The molecule has 0 saturated carbocycles. The van der Waals surface area contributed by atoms with Crippen molar-refractivity contribution in [2.45, 2.75) is 24.4 Å². The van der Waals surface area contributed by atoms with E-state index in [1.165, 1.54) is 11.8 Å². The van der Waals surface area contributed by atoms with Crippen molar-refractivity contribution in [1.82, 2.24) is 24.9 Å². The highest BCUT2D eigenvalue weighted by Crippen LogP contribution is 2.31. The number of hydrogen-bond acceptors (Lipinski definition) is 7. The van der Waals surface area contributed by atoms with Crippen LogP contribution in [0.5, 0.6) is 5.75 Å². The van der Waals surface area contributed by atoms with Gasteiger partial charge in [-0.2, -0.15) is 4.98 Å². The lowest BCUT2D eigenvalue weighted by Gasteiger charge is -2.10. The Balaban J connectivity index is 1.91. The van der Waals surface area contributed by atoms with Gasteiger partial charge in [-0.15, -0.1) is 16.8 Å². The third-order valence-electron chi connectivity index (χ3n) is 3.27. The number of para-hydroxylation sites is 1. The average Bonchev–Trinajstić information content (AvgIpc) is 3.19. The third-order valence-corrected chi connectivity index (χ3v) is 4.22. The van der Waals surface area contributed by atoms with Crippen LogP contribution in [0.15, 0.2) is 46.6 Å². The number of aryl methyl sites for hydroxylation is 1. The molecule has 0 saturated heterocycles. The van der Waals surface area contributed by atoms with Crippen molar-refractivity contribution >= 4 is 11.8 Å². The van der Waals surface area contributed by atoms with Crippen LogP contribution in [0.25, 0.3) is 11.4 Å². The number of allylic oxidation sites excluding steroid dienone is 1. The zero-order chi connectivity index (χ0) is 16.9. The lowest BCUT2D eigenvalue weighted by atomic mass is 10.2. The molecule has 0 spiro atoms. The summed E-state index contributed by atoms with van der Waals surface area (Å²) in [6, 6.07) is 7.72. The van der Waals surface area contributed by atoms with Gasteiger partial charge in [-0.3, -0.25) is 4.57 Å². The topological polar surface area (TPSA) is 78.9 Å². The number of rotatable bonds is 7. The molecule has 0 unspecified atom stereocenters. The van der Waals surface area contributed by atoms with Crippen LogP contribution < -0.4 is 4.74 Å². The number of nitrogens with zero attached hydrogens (tertiary/aromatic N) is 5. The quantitative estimate of drug-likeness (QED) is 0.482. The summed E-state index contributed by atoms with van der Waals surface area (Å²) in [6.45, 7) is 6.20. The number of hydrogen-bond donors (Lipinski definition) is 0. The van der Waals surface area contributed by atoms with E-state index in [4.69, 9.17) is 9.26 Å². The fraction of sp³-hybridized carbons (Fsp3) is 0.250. The van der Waals surface area contributed by atoms with E-state index in [-0.39, 0.29) is 0 Å². The molecule has 2 aromatic heterocycles. The summed E-state index contributed by atoms with van der Waals surface area (Å²) in [4.78, 5) is 4.20. The molecule has 0 aliphatic heterocycles. The third kappa shape index (κ3) is 3.33. The summed E-state index contributed by atoms with van der Waals surface area (Å²) >= 11 is 1.49. The maximum absolute atomic E-state index is 5.43. The molecule has 0 aliphatic rings. The van der Waals surface area contributed by atoms with E-state index in [2.05, 4.69) is 26.9 Å². The summed E-state index contributed by atoms with van der Waals surface area (Å²) in [5.41, 5.74) is 0.884. The largest absolute Gasteiger partial charge is 0.496 e. The highest BCUT2D eigenvalue weighted by molar-refractivity contribution is 7.98. The van der Waals surface area contributed by atoms with Crippen LogP contribution in [-0.2, 0) is 12.3 Å².